The molecule has 0 saturated heterocycles. The van der Waals surface area contributed by atoms with Crippen molar-refractivity contribution < 1.29 is 13.6 Å². The average molecular weight is 316 g/mol. The van der Waals surface area contributed by atoms with Gasteiger partial charge in [-0.05, 0) is 48.5 Å². The van der Waals surface area contributed by atoms with Gasteiger partial charge in [-0.1, -0.05) is 17.7 Å². The first-order chi connectivity index (χ1) is 10.6. The van der Waals surface area contributed by atoms with Crippen molar-refractivity contribution in [2.24, 2.45) is 0 Å². The van der Waals surface area contributed by atoms with E-state index in [0.717, 1.165) is 0 Å². The highest BCUT2D eigenvalue weighted by molar-refractivity contribution is 6.31. The summed E-state index contributed by atoms with van der Waals surface area (Å²) in [6.07, 6.45) is 1.53. The summed E-state index contributed by atoms with van der Waals surface area (Å²) in [6.45, 7) is 0. The minimum absolute atomic E-state index is 0.353. The Bertz CT molecular complexity index is 815. The fraction of sp³-hybridized carbons (Fsp3) is 0. The SMILES string of the molecule is O=C(Nc1cccc(F)c1)c1cc(Cl)ccc1-c1ccco1. The number of amides is 1. The molecule has 0 fully saturated rings. The number of furan rings is 1. The van der Waals surface area contributed by atoms with E-state index in [4.69, 9.17) is 16.0 Å². The molecule has 1 N–H and O–H groups in total. The molecule has 0 atom stereocenters. The van der Waals surface area contributed by atoms with Crippen molar-refractivity contribution in [3.05, 3.63) is 77.3 Å². The Hall–Kier alpha value is -2.59. The molecule has 22 heavy (non-hydrogen) atoms. The lowest BCUT2D eigenvalue weighted by Crippen LogP contribution is -2.13. The molecule has 0 aliphatic heterocycles. The van der Waals surface area contributed by atoms with Gasteiger partial charge >= 0.3 is 0 Å². The van der Waals surface area contributed by atoms with E-state index in [0.29, 0.717) is 27.6 Å². The quantitative estimate of drug-likeness (QED) is 0.739. The van der Waals surface area contributed by atoms with Crippen LogP contribution in [-0.4, -0.2) is 5.91 Å². The third-order valence-electron chi connectivity index (χ3n) is 3.10. The van der Waals surface area contributed by atoms with Crippen molar-refractivity contribution in [3.63, 3.8) is 0 Å². The van der Waals surface area contributed by atoms with Crippen molar-refractivity contribution in [2.75, 3.05) is 5.32 Å². The highest BCUT2D eigenvalue weighted by atomic mass is 35.5. The summed E-state index contributed by atoms with van der Waals surface area (Å²) in [5, 5.41) is 3.08. The van der Waals surface area contributed by atoms with E-state index in [1.807, 2.05) is 0 Å². The topological polar surface area (TPSA) is 42.2 Å². The number of carbonyl (C=O) groups excluding carboxylic acids is 1. The van der Waals surface area contributed by atoms with Crippen LogP contribution in [0.25, 0.3) is 11.3 Å². The second-order valence-electron chi connectivity index (χ2n) is 4.63. The van der Waals surface area contributed by atoms with Crippen LogP contribution in [0.2, 0.25) is 5.02 Å². The zero-order valence-electron chi connectivity index (χ0n) is 11.3. The number of carbonyl (C=O) groups is 1. The Morgan fingerprint density at radius 3 is 2.68 bits per heavy atom. The van der Waals surface area contributed by atoms with E-state index >= 15 is 0 Å². The number of benzene rings is 2. The number of nitrogens with one attached hydrogen (secondary N) is 1. The summed E-state index contributed by atoms with van der Waals surface area (Å²) < 4.78 is 18.5. The van der Waals surface area contributed by atoms with Gasteiger partial charge in [0, 0.05) is 16.3 Å². The lowest BCUT2D eigenvalue weighted by molar-refractivity contribution is 0.102. The molecule has 0 spiro atoms. The third kappa shape index (κ3) is 3.02. The molecule has 0 aliphatic carbocycles. The predicted octanol–water partition coefficient (Wildman–Crippen LogP) is 4.99. The van der Waals surface area contributed by atoms with Crippen LogP contribution in [0.4, 0.5) is 10.1 Å². The molecule has 0 unspecified atom stereocenters. The molecule has 2 aromatic carbocycles. The van der Waals surface area contributed by atoms with Crippen LogP contribution in [0, 0.1) is 5.82 Å². The normalized spacial score (nSPS) is 10.5. The van der Waals surface area contributed by atoms with Crippen molar-refractivity contribution in [1.82, 2.24) is 0 Å². The first kappa shape index (κ1) is 14.4. The number of hydrogen-bond donors (Lipinski definition) is 1. The van der Waals surface area contributed by atoms with E-state index in [1.165, 1.54) is 24.5 Å². The van der Waals surface area contributed by atoms with Gasteiger partial charge in [0.2, 0.25) is 0 Å². The highest BCUT2D eigenvalue weighted by Crippen LogP contribution is 2.27. The molecule has 3 nitrogen and oxygen atoms in total. The molecule has 1 amide bonds. The van der Waals surface area contributed by atoms with Gasteiger partial charge < -0.3 is 9.73 Å². The number of halogens is 2. The van der Waals surface area contributed by atoms with Gasteiger partial charge in [-0.2, -0.15) is 0 Å². The Morgan fingerprint density at radius 1 is 1.09 bits per heavy atom. The van der Waals surface area contributed by atoms with Crippen LogP contribution in [0.1, 0.15) is 10.4 Å². The number of anilines is 1. The monoisotopic (exact) mass is 315 g/mol. The molecule has 3 aromatic rings. The summed E-state index contributed by atoms with van der Waals surface area (Å²) in [4.78, 5) is 12.5. The molecular weight excluding hydrogens is 305 g/mol. The van der Waals surface area contributed by atoms with Crippen LogP contribution < -0.4 is 5.32 Å². The summed E-state index contributed by atoms with van der Waals surface area (Å²) in [6, 6.07) is 14.1. The Labute approximate surface area is 131 Å². The zero-order chi connectivity index (χ0) is 15.5. The fourth-order valence-corrected chi connectivity index (χ4v) is 2.29. The van der Waals surface area contributed by atoms with E-state index in [9.17, 15) is 9.18 Å². The van der Waals surface area contributed by atoms with E-state index < -0.39 is 5.82 Å². The van der Waals surface area contributed by atoms with Crippen LogP contribution in [0.5, 0.6) is 0 Å². The van der Waals surface area contributed by atoms with Crippen LogP contribution >= 0.6 is 11.6 Å². The Morgan fingerprint density at radius 2 is 1.95 bits per heavy atom. The second kappa shape index (κ2) is 6.03. The minimum atomic E-state index is -0.421. The molecule has 3 rings (SSSR count). The van der Waals surface area contributed by atoms with Gasteiger partial charge in [0.1, 0.15) is 11.6 Å². The van der Waals surface area contributed by atoms with Crippen molar-refractivity contribution >= 4 is 23.2 Å². The highest BCUT2D eigenvalue weighted by Gasteiger charge is 2.15. The van der Waals surface area contributed by atoms with Crippen LogP contribution in [0.3, 0.4) is 0 Å². The fourth-order valence-electron chi connectivity index (χ4n) is 2.12. The predicted molar refractivity (Wildman–Crippen MR) is 83.5 cm³/mol. The molecular formula is C17H11ClFNO2. The number of hydrogen-bond acceptors (Lipinski definition) is 2. The second-order valence-corrected chi connectivity index (χ2v) is 5.07. The maximum absolute atomic E-state index is 13.2. The smallest absolute Gasteiger partial charge is 0.256 e. The molecule has 1 heterocycles. The maximum atomic E-state index is 13.2. The van der Waals surface area contributed by atoms with E-state index in [-0.39, 0.29) is 5.91 Å². The van der Waals surface area contributed by atoms with Gasteiger partial charge in [0.15, 0.2) is 0 Å². The molecule has 0 bridgehead atoms. The molecule has 0 radical (unpaired) electrons. The third-order valence-corrected chi connectivity index (χ3v) is 3.33. The average Bonchev–Trinajstić information content (AvgIpc) is 3.01. The molecule has 0 aliphatic rings. The van der Waals surface area contributed by atoms with Gasteiger partial charge in [-0.25, -0.2) is 4.39 Å². The van der Waals surface area contributed by atoms with Crippen LogP contribution in [0.15, 0.2) is 65.3 Å². The molecule has 110 valence electrons. The summed E-state index contributed by atoms with van der Waals surface area (Å²) in [7, 11) is 0. The van der Waals surface area contributed by atoms with Crippen molar-refractivity contribution in [2.45, 2.75) is 0 Å². The standard InChI is InChI=1S/C17H11ClFNO2/c18-11-6-7-14(16-5-2-8-22-16)15(9-11)17(21)20-13-4-1-3-12(19)10-13/h1-10H,(H,20,21). The first-order valence-electron chi connectivity index (χ1n) is 6.54. The Balaban J connectivity index is 1.97. The maximum Gasteiger partial charge on any atom is 0.256 e. The van der Waals surface area contributed by atoms with Gasteiger partial charge in [0.25, 0.3) is 5.91 Å². The largest absolute Gasteiger partial charge is 0.464 e. The lowest BCUT2D eigenvalue weighted by atomic mass is 10.0. The van der Waals surface area contributed by atoms with E-state index in [1.54, 1.807) is 36.4 Å². The first-order valence-corrected chi connectivity index (χ1v) is 6.91. The molecule has 1 aromatic heterocycles. The van der Waals surface area contributed by atoms with Crippen molar-refractivity contribution in [1.29, 1.82) is 0 Å². The zero-order valence-corrected chi connectivity index (χ0v) is 12.1. The number of rotatable bonds is 3. The summed E-state index contributed by atoms with van der Waals surface area (Å²) >= 11 is 5.98. The minimum Gasteiger partial charge on any atom is -0.464 e. The Kier molecular flexibility index (Phi) is 3.94. The molecule has 5 heteroatoms. The molecule has 0 saturated carbocycles. The van der Waals surface area contributed by atoms with E-state index in [2.05, 4.69) is 5.32 Å². The van der Waals surface area contributed by atoms with Gasteiger partial charge in [-0.15, -0.1) is 0 Å². The lowest BCUT2D eigenvalue weighted by Gasteiger charge is -2.09. The van der Waals surface area contributed by atoms with Gasteiger partial charge in [0.05, 0.1) is 11.8 Å². The van der Waals surface area contributed by atoms with Gasteiger partial charge in [-0.3, -0.25) is 4.79 Å². The van der Waals surface area contributed by atoms with Crippen molar-refractivity contribution in [3.8, 4) is 11.3 Å². The summed E-state index contributed by atoms with van der Waals surface area (Å²) in [5.74, 6) is -0.254. The summed E-state index contributed by atoms with van der Waals surface area (Å²) in [5.41, 5.74) is 1.34. The van der Waals surface area contributed by atoms with Crippen LogP contribution in [-0.2, 0) is 0 Å².